The van der Waals surface area contributed by atoms with Gasteiger partial charge in [-0.05, 0) is 60.7 Å². The second kappa shape index (κ2) is 10.9. The Morgan fingerprint density at radius 2 is 1.61 bits per heavy atom. The van der Waals surface area contributed by atoms with Crippen LogP contribution in [-0.4, -0.2) is 31.5 Å². The Labute approximate surface area is 212 Å². The SMILES string of the molecule is COc1ccccc1C(=O)Nc1ccc(N2CCc3ccccc3C2)c(C(=O)NC2CCCCC2)c1. The predicted octanol–water partition coefficient (Wildman–Crippen LogP) is 5.57. The number of methoxy groups -OCH3 is 1. The molecule has 2 N–H and O–H groups in total. The maximum atomic E-state index is 13.6. The van der Waals surface area contributed by atoms with Crippen molar-refractivity contribution < 1.29 is 14.3 Å². The topological polar surface area (TPSA) is 70.7 Å². The third-order valence-corrected chi connectivity index (χ3v) is 7.26. The first-order valence-corrected chi connectivity index (χ1v) is 12.8. The number of hydrogen-bond donors (Lipinski definition) is 2. The Bertz CT molecular complexity index is 1250. The molecule has 1 aliphatic carbocycles. The fourth-order valence-corrected chi connectivity index (χ4v) is 5.31. The summed E-state index contributed by atoms with van der Waals surface area (Å²) in [4.78, 5) is 28.8. The van der Waals surface area contributed by atoms with E-state index in [1.807, 2.05) is 18.2 Å². The normalized spacial score (nSPS) is 15.6. The average molecular weight is 484 g/mol. The summed E-state index contributed by atoms with van der Waals surface area (Å²) in [5.74, 6) is 0.156. The molecule has 36 heavy (non-hydrogen) atoms. The van der Waals surface area contributed by atoms with Crippen LogP contribution in [0.2, 0.25) is 0 Å². The molecule has 0 spiro atoms. The smallest absolute Gasteiger partial charge is 0.259 e. The highest BCUT2D eigenvalue weighted by molar-refractivity contribution is 6.07. The Kier molecular flexibility index (Phi) is 7.21. The summed E-state index contributed by atoms with van der Waals surface area (Å²) in [6.45, 7) is 1.60. The molecule has 3 aromatic rings. The lowest BCUT2D eigenvalue weighted by Crippen LogP contribution is -2.38. The molecule has 0 bridgehead atoms. The van der Waals surface area contributed by atoms with Gasteiger partial charge in [0.1, 0.15) is 5.75 Å². The van der Waals surface area contributed by atoms with Crippen LogP contribution in [0.3, 0.4) is 0 Å². The number of fused-ring (bicyclic) bond motifs is 1. The summed E-state index contributed by atoms with van der Waals surface area (Å²) in [5.41, 5.74) is 5.18. The van der Waals surface area contributed by atoms with Gasteiger partial charge in [0.2, 0.25) is 0 Å². The minimum Gasteiger partial charge on any atom is -0.496 e. The molecule has 1 saturated carbocycles. The van der Waals surface area contributed by atoms with Crippen LogP contribution >= 0.6 is 0 Å². The molecule has 0 aromatic heterocycles. The monoisotopic (exact) mass is 483 g/mol. The van der Waals surface area contributed by atoms with E-state index in [2.05, 4.69) is 39.8 Å². The van der Waals surface area contributed by atoms with Gasteiger partial charge in [-0.25, -0.2) is 0 Å². The third kappa shape index (κ3) is 5.23. The van der Waals surface area contributed by atoms with E-state index in [0.717, 1.165) is 50.9 Å². The number of carbonyl (C=O) groups is 2. The fourth-order valence-electron chi connectivity index (χ4n) is 5.31. The van der Waals surface area contributed by atoms with E-state index in [1.165, 1.54) is 17.5 Å². The molecular formula is C30H33N3O3. The van der Waals surface area contributed by atoms with Gasteiger partial charge in [-0.3, -0.25) is 9.59 Å². The molecular weight excluding hydrogens is 450 g/mol. The molecule has 2 aliphatic rings. The van der Waals surface area contributed by atoms with E-state index in [4.69, 9.17) is 4.74 Å². The molecule has 6 nitrogen and oxygen atoms in total. The lowest BCUT2D eigenvalue weighted by molar-refractivity contribution is 0.0927. The number of carbonyl (C=O) groups excluding carboxylic acids is 2. The highest BCUT2D eigenvalue weighted by Gasteiger charge is 2.24. The molecule has 2 amide bonds. The number of nitrogens with zero attached hydrogens (tertiary/aromatic N) is 1. The summed E-state index contributed by atoms with van der Waals surface area (Å²) in [6, 6.07) is 21.4. The van der Waals surface area contributed by atoms with Gasteiger partial charge >= 0.3 is 0 Å². The Balaban J connectivity index is 1.43. The number of para-hydroxylation sites is 1. The first-order chi connectivity index (χ1) is 17.6. The lowest BCUT2D eigenvalue weighted by atomic mass is 9.95. The van der Waals surface area contributed by atoms with E-state index in [9.17, 15) is 9.59 Å². The van der Waals surface area contributed by atoms with Gasteiger partial charge in [-0.2, -0.15) is 0 Å². The van der Waals surface area contributed by atoms with Gasteiger partial charge in [0.25, 0.3) is 11.8 Å². The molecule has 186 valence electrons. The maximum absolute atomic E-state index is 13.6. The zero-order chi connectivity index (χ0) is 24.9. The number of amides is 2. The van der Waals surface area contributed by atoms with Crippen molar-refractivity contribution >= 4 is 23.2 Å². The van der Waals surface area contributed by atoms with Crippen molar-refractivity contribution in [3.63, 3.8) is 0 Å². The van der Waals surface area contributed by atoms with Crippen LogP contribution in [0.4, 0.5) is 11.4 Å². The van der Waals surface area contributed by atoms with Gasteiger partial charge < -0.3 is 20.3 Å². The summed E-state index contributed by atoms with van der Waals surface area (Å²) in [5, 5.41) is 6.23. The molecule has 6 heteroatoms. The zero-order valence-electron chi connectivity index (χ0n) is 20.8. The number of nitrogens with one attached hydrogen (secondary N) is 2. The highest BCUT2D eigenvalue weighted by Crippen LogP contribution is 2.31. The average Bonchev–Trinajstić information content (AvgIpc) is 2.93. The Morgan fingerprint density at radius 3 is 2.42 bits per heavy atom. The van der Waals surface area contributed by atoms with Crippen molar-refractivity contribution in [3.05, 3.63) is 89.0 Å². The van der Waals surface area contributed by atoms with Crippen LogP contribution in [0.5, 0.6) is 5.75 Å². The Morgan fingerprint density at radius 1 is 0.861 bits per heavy atom. The summed E-state index contributed by atoms with van der Waals surface area (Å²) in [7, 11) is 1.55. The largest absolute Gasteiger partial charge is 0.496 e. The molecule has 0 radical (unpaired) electrons. The van der Waals surface area contributed by atoms with Gasteiger partial charge in [0.05, 0.1) is 18.2 Å². The molecule has 1 aliphatic heterocycles. The van der Waals surface area contributed by atoms with Crippen LogP contribution in [0.1, 0.15) is 63.9 Å². The minimum atomic E-state index is -0.272. The van der Waals surface area contributed by atoms with Crippen molar-refractivity contribution in [2.24, 2.45) is 0 Å². The van der Waals surface area contributed by atoms with Crippen LogP contribution in [-0.2, 0) is 13.0 Å². The van der Waals surface area contributed by atoms with Gasteiger partial charge in [0, 0.05) is 30.5 Å². The zero-order valence-corrected chi connectivity index (χ0v) is 20.8. The van der Waals surface area contributed by atoms with Crippen molar-refractivity contribution in [3.8, 4) is 5.75 Å². The van der Waals surface area contributed by atoms with E-state index in [-0.39, 0.29) is 17.9 Å². The van der Waals surface area contributed by atoms with Gasteiger partial charge in [0.15, 0.2) is 0 Å². The number of hydrogen-bond acceptors (Lipinski definition) is 4. The third-order valence-electron chi connectivity index (χ3n) is 7.26. The van der Waals surface area contributed by atoms with E-state index in [0.29, 0.717) is 22.6 Å². The standard InChI is InChI=1S/C30H33N3O3/c1-36-28-14-8-7-13-25(28)29(34)32-24-15-16-27(33-18-17-21-9-5-6-10-22(21)20-33)26(19-24)30(35)31-23-11-3-2-4-12-23/h5-10,13-16,19,23H,2-4,11-12,17-18,20H2,1H3,(H,31,35)(H,32,34). The minimum absolute atomic E-state index is 0.0795. The van der Waals surface area contributed by atoms with Gasteiger partial charge in [-0.1, -0.05) is 55.7 Å². The predicted molar refractivity (Wildman–Crippen MR) is 143 cm³/mol. The van der Waals surface area contributed by atoms with E-state index >= 15 is 0 Å². The van der Waals surface area contributed by atoms with Crippen LogP contribution in [0.15, 0.2) is 66.7 Å². The molecule has 3 aromatic carbocycles. The summed E-state index contributed by atoms with van der Waals surface area (Å²) in [6.07, 6.45) is 6.50. The molecule has 1 heterocycles. The quantitative estimate of drug-likeness (QED) is 0.481. The second-order valence-electron chi connectivity index (χ2n) is 9.63. The van der Waals surface area contributed by atoms with Crippen LogP contribution in [0, 0.1) is 0 Å². The van der Waals surface area contributed by atoms with E-state index < -0.39 is 0 Å². The Hall–Kier alpha value is -3.80. The lowest BCUT2D eigenvalue weighted by Gasteiger charge is -2.32. The number of anilines is 2. The van der Waals surface area contributed by atoms with Crippen LogP contribution in [0.25, 0.3) is 0 Å². The highest BCUT2D eigenvalue weighted by atomic mass is 16.5. The number of benzene rings is 3. The fraction of sp³-hybridized carbons (Fsp3) is 0.333. The first kappa shape index (κ1) is 23.9. The van der Waals surface area contributed by atoms with Crippen molar-refractivity contribution in [2.75, 3.05) is 23.9 Å². The number of ether oxygens (including phenoxy) is 1. The van der Waals surface area contributed by atoms with Crippen molar-refractivity contribution in [2.45, 2.75) is 51.1 Å². The van der Waals surface area contributed by atoms with Crippen molar-refractivity contribution in [1.29, 1.82) is 0 Å². The molecule has 1 fully saturated rings. The maximum Gasteiger partial charge on any atom is 0.259 e. The second-order valence-corrected chi connectivity index (χ2v) is 9.63. The van der Waals surface area contributed by atoms with Crippen LogP contribution < -0.4 is 20.3 Å². The first-order valence-electron chi connectivity index (χ1n) is 12.8. The summed E-state index contributed by atoms with van der Waals surface area (Å²) < 4.78 is 5.35. The molecule has 0 saturated heterocycles. The van der Waals surface area contributed by atoms with Gasteiger partial charge in [-0.15, -0.1) is 0 Å². The molecule has 5 rings (SSSR count). The summed E-state index contributed by atoms with van der Waals surface area (Å²) >= 11 is 0. The molecule has 0 atom stereocenters. The molecule has 0 unspecified atom stereocenters. The van der Waals surface area contributed by atoms with E-state index in [1.54, 1.807) is 31.4 Å². The van der Waals surface area contributed by atoms with Crippen molar-refractivity contribution in [1.82, 2.24) is 5.32 Å². The number of rotatable bonds is 6.